The van der Waals surface area contributed by atoms with Crippen LogP contribution in [0.3, 0.4) is 0 Å². The van der Waals surface area contributed by atoms with Crippen LogP contribution >= 0.6 is 0 Å². The molecule has 1 aromatic carbocycles. The summed E-state index contributed by atoms with van der Waals surface area (Å²) < 4.78 is 1.99. The number of hydrogen-bond acceptors (Lipinski definition) is 4. The van der Waals surface area contributed by atoms with Gasteiger partial charge < -0.3 is 19.8 Å². The van der Waals surface area contributed by atoms with Gasteiger partial charge in [-0.3, -0.25) is 0 Å². The van der Waals surface area contributed by atoms with Crippen LogP contribution in [0.15, 0.2) is 48.6 Å². The molecule has 3 rings (SSSR count). The molecule has 0 aliphatic rings. The number of carbonyl (C=O) groups is 2. The summed E-state index contributed by atoms with van der Waals surface area (Å²) in [5, 5.41) is 18.7. The fourth-order valence-corrected chi connectivity index (χ4v) is 3.15. The van der Waals surface area contributed by atoms with Gasteiger partial charge in [-0.2, -0.15) is 0 Å². The maximum absolute atomic E-state index is 11.8. The smallest absolute Gasteiger partial charge is 0.335 e. The minimum absolute atomic E-state index is 0.220. The molecule has 3 N–H and O–H groups in total. The first-order valence-corrected chi connectivity index (χ1v) is 9.75. The fourth-order valence-electron chi connectivity index (χ4n) is 3.15. The van der Waals surface area contributed by atoms with E-state index in [9.17, 15) is 14.7 Å². The molecule has 8 heteroatoms. The lowest BCUT2D eigenvalue weighted by Crippen LogP contribution is -2.09. The Balaban J connectivity index is 1.94. The van der Waals surface area contributed by atoms with Crippen LogP contribution < -0.4 is 0 Å². The topological polar surface area (TPSA) is 121 Å². The first-order valence-electron chi connectivity index (χ1n) is 9.75. The summed E-state index contributed by atoms with van der Waals surface area (Å²) >= 11 is 0. The van der Waals surface area contributed by atoms with Crippen molar-refractivity contribution in [3.8, 4) is 0 Å². The van der Waals surface area contributed by atoms with Crippen molar-refractivity contribution in [3.63, 3.8) is 0 Å². The van der Waals surface area contributed by atoms with Gasteiger partial charge in [-0.15, -0.1) is 0 Å². The summed E-state index contributed by atoms with van der Waals surface area (Å²) in [5.74, 6) is -1.10. The van der Waals surface area contributed by atoms with E-state index >= 15 is 0 Å². The average Bonchev–Trinajstić information content (AvgIpc) is 3.37. The Bertz CT molecular complexity index is 1030. The number of aromatic nitrogens is 4. The van der Waals surface area contributed by atoms with Crippen molar-refractivity contribution >= 4 is 18.0 Å². The minimum atomic E-state index is -1.00. The Morgan fingerprint density at radius 3 is 2.53 bits per heavy atom. The third kappa shape index (κ3) is 5.22. The van der Waals surface area contributed by atoms with Gasteiger partial charge in [0.1, 0.15) is 5.82 Å². The Morgan fingerprint density at radius 2 is 1.93 bits per heavy atom. The van der Waals surface area contributed by atoms with E-state index in [1.165, 1.54) is 6.33 Å². The van der Waals surface area contributed by atoms with Crippen molar-refractivity contribution in [1.29, 1.82) is 0 Å². The van der Waals surface area contributed by atoms with Gasteiger partial charge in [-0.1, -0.05) is 25.5 Å². The third-order valence-corrected chi connectivity index (χ3v) is 4.80. The number of nitrogens with zero attached hydrogens (tertiary/aromatic N) is 3. The van der Waals surface area contributed by atoms with Gasteiger partial charge in [0, 0.05) is 36.9 Å². The van der Waals surface area contributed by atoms with Crippen LogP contribution in [0.1, 0.15) is 52.9 Å². The van der Waals surface area contributed by atoms with Gasteiger partial charge in [0.05, 0.1) is 23.8 Å². The Morgan fingerprint density at radius 1 is 1.17 bits per heavy atom. The molecule has 0 atom stereocenters. The first-order chi connectivity index (χ1) is 14.5. The number of hydrogen-bond donors (Lipinski definition) is 3. The van der Waals surface area contributed by atoms with Crippen molar-refractivity contribution < 1.29 is 19.8 Å². The molecule has 0 saturated heterocycles. The number of unbranched alkanes of at least 4 members (excludes halogenated alkanes) is 1. The van der Waals surface area contributed by atoms with Gasteiger partial charge in [0.25, 0.3) is 0 Å². The van der Waals surface area contributed by atoms with Crippen molar-refractivity contribution in [3.05, 3.63) is 76.9 Å². The van der Waals surface area contributed by atoms with E-state index in [1.807, 2.05) is 4.57 Å². The van der Waals surface area contributed by atoms with Gasteiger partial charge in [-0.05, 0) is 30.2 Å². The number of carboxylic acids is 2. The SMILES string of the molecule is CCCCc1ncc(/C=C(\Cc2cnc[nH]2)C(=O)O)n1Cc1ccc(C(=O)O)cc1. The number of aliphatic carboxylic acids is 1. The highest BCUT2D eigenvalue weighted by atomic mass is 16.4. The average molecular weight is 408 g/mol. The number of aromatic amines is 1. The van der Waals surface area contributed by atoms with E-state index in [0.717, 1.165) is 30.7 Å². The molecular weight excluding hydrogens is 384 g/mol. The van der Waals surface area contributed by atoms with Crippen LogP contribution in [-0.2, 0) is 24.2 Å². The van der Waals surface area contributed by atoms with Gasteiger partial charge in [0.15, 0.2) is 0 Å². The van der Waals surface area contributed by atoms with E-state index in [2.05, 4.69) is 21.9 Å². The molecule has 0 aliphatic carbocycles. The molecule has 8 nitrogen and oxygen atoms in total. The summed E-state index contributed by atoms with van der Waals surface area (Å²) in [4.78, 5) is 34.3. The minimum Gasteiger partial charge on any atom is -0.478 e. The predicted octanol–water partition coefficient (Wildman–Crippen LogP) is 3.41. The van der Waals surface area contributed by atoms with Crippen molar-refractivity contribution in [2.45, 2.75) is 39.2 Å². The highest BCUT2D eigenvalue weighted by Crippen LogP contribution is 2.18. The van der Waals surface area contributed by atoms with Gasteiger partial charge >= 0.3 is 11.9 Å². The summed E-state index contributed by atoms with van der Waals surface area (Å²) in [6.07, 6.45) is 9.43. The Kier molecular flexibility index (Phi) is 6.79. The van der Waals surface area contributed by atoms with E-state index in [-0.39, 0.29) is 17.6 Å². The van der Waals surface area contributed by atoms with Crippen LogP contribution in [0.5, 0.6) is 0 Å². The second kappa shape index (κ2) is 9.69. The highest BCUT2D eigenvalue weighted by Gasteiger charge is 2.14. The number of rotatable bonds is 10. The maximum atomic E-state index is 11.8. The molecular formula is C22H24N4O4. The largest absolute Gasteiger partial charge is 0.478 e. The van der Waals surface area contributed by atoms with Crippen LogP contribution in [0.25, 0.3) is 6.08 Å². The molecule has 0 fully saturated rings. The summed E-state index contributed by atoms with van der Waals surface area (Å²) in [7, 11) is 0. The quantitative estimate of drug-likeness (QED) is 0.442. The highest BCUT2D eigenvalue weighted by molar-refractivity contribution is 5.92. The lowest BCUT2D eigenvalue weighted by molar-refractivity contribution is -0.132. The first kappa shape index (κ1) is 21.0. The van der Waals surface area contributed by atoms with Crippen LogP contribution in [0.2, 0.25) is 0 Å². The molecule has 0 saturated carbocycles. The second-order valence-corrected chi connectivity index (χ2v) is 7.02. The van der Waals surface area contributed by atoms with Crippen LogP contribution in [0.4, 0.5) is 0 Å². The lowest BCUT2D eigenvalue weighted by atomic mass is 10.1. The van der Waals surface area contributed by atoms with Crippen molar-refractivity contribution in [2.24, 2.45) is 0 Å². The lowest BCUT2D eigenvalue weighted by Gasteiger charge is -2.12. The van der Waals surface area contributed by atoms with E-state index in [4.69, 9.17) is 5.11 Å². The zero-order chi connectivity index (χ0) is 21.5. The van der Waals surface area contributed by atoms with Gasteiger partial charge in [-0.25, -0.2) is 19.6 Å². The summed E-state index contributed by atoms with van der Waals surface area (Å²) in [6, 6.07) is 6.67. The molecule has 30 heavy (non-hydrogen) atoms. The molecule has 2 heterocycles. The Labute approximate surface area is 173 Å². The van der Waals surface area contributed by atoms with E-state index < -0.39 is 11.9 Å². The van der Waals surface area contributed by atoms with E-state index in [1.54, 1.807) is 42.7 Å². The molecule has 0 unspecified atom stereocenters. The number of aryl methyl sites for hydroxylation is 1. The fraction of sp³-hybridized carbons (Fsp3) is 0.273. The second-order valence-electron chi connectivity index (χ2n) is 7.02. The van der Waals surface area contributed by atoms with Crippen LogP contribution in [-0.4, -0.2) is 41.7 Å². The number of H-pyrrole nitrogens is 1. The zero-order valence-electron chi connectivity index (χ0n) is 16.7. The molecule has 0 aliphatic heterocycles. The standard InChI is InChI=1S/C22H24N4O4/c1-2-3-4-20-24-12-19(10-17(22(29)30)9-18-11-23-14-25-18)26(20)13-15-5-7-16(8-6-15)21(27)28/h5-8,10-12,14H,2-4,9,13H2,1H3,(H,23,25)(H,27,28)(H,29,30)/b17-10+. The Hall–Kier alpha value is -3.68. The van der Waals surface area contributed by atoms with Crippen LogP contribution in [0, 0.1) is 0 Å². The predicted molar refractivity (Wildman–Crippen MR) is 111 cm³/mol. The molecule has 156 valence electrons. The number of nitrogens with one attached hydrogen (secondary N) is 1. The number of carboxylic acid groups (broad SMARTS) is 2. The molecule has 0 bridgehead atoms. The molecule has 0 radical (unpaired) electrons. The third-order valence-electron chi connectivity index (χ3n) is 4.80. The molecule has 2 aromatic heterocycles. The maximum Gasteiger partial charge on any atom is 0.335 e. The monoisotopic (exact) mass is 408 g/mol. The number of imidazole rings is 2. The number of aromatic carboxylic acids is 1. The van der Waals surface area contributed by atoms with Crippen molar-refractivity contribution in [1.82, 2.24) is 19.5 Å². The normalized spacial score (nSPS) is 11.6. The number of benzene rings is 1. The molecule has 0 spiro atoms. The summed E-state index contributed by atoms with van der Waals surface area (Å²) in [6.45, 7) is 2.58. The van der Waals surface area contributed by atoms with E-state index in [0.29, 0.717) is 17.9 Å². The molecule has 0 amide bonds. The summed E-state index contributed by atoms with van der Waals surface area (Å²) in [5.41, 5.74) is 2.77. The molecule has 3 aromatic rings. The zero-order valence-corrected chi connectivity index (χ0v) is 16.7. The van der Waals surface area contributed by atoms with Gasteiger partial charge in [0.2, 0.25) is 0 Å². The van der Waals surface area contributed by atoms with Crippen molar-refractivity contribution in [2.75, 3.05) is 0 Å².